The lowest BCUT2D eigenvalue weighted by atomic mass is 10.0. The summed E-state index contributed by atoms with van der Waals surface area (Å²) in [5.74, 6) is -0.176. The van der Waals surface area contributed by atoms with E-state index in [1.54, 1.807) is 0 Å². The van der Waals surface area contributed by atoms with Gasteiger partial charge < -0.3 is 10.2 Å². The Hall–Kier alpha value is -1.62. The quantitative estimate of drug-likeness (QED) is 0.927. The van der Waals surface area contributed by atoms with Crippen molar-refractivity contribution in [2.24, 2.45) is 5.16 Å². The van der Waals surface area contributed by atoms with E-state index in [1.807, 2.05) is 30.3 Å². The average Bonchev–Trinajstić information content (AvgIpc) is 2.86. The fourth-order valence-corrected chi connectivity index (χ4v) is 1.76. The summed E-state index contributed by atoms with van der Waals surface area (Å²) in [7, 11) is 0. The van der Waals surface area contributed by atoms with Crippen molar-refractivity contribution in [1.29, 1.82) is 0 Å². The van der Waals surface area contributed by atoms with Crippen molar-refractivity contribution in [2.45, 2.75) is 12.5 Å². The molecular weight excluding hydrogens is 296 g/mol. The molecule has 0 aliphatic carbocycles. The first-order valence-electron chi connectivity index (χ1n) is 5.56. The first-order chi connectivity index (χ1) is 8.66. The number of hydrogen-bond donors (Lipinski definition) is 1. The summed E-state index contributed by atoms with van der Waals surface area (Å²) in [6, 6.07) is 9.69. The standard InChI is InChI=1S/C13H13BrN2O2/c1-9(14)8-15-13(17)12-7-11(16-18-12)10-5-3-2-4-6-10/h2-6,12H,1,7-8H2,(H,15,17). The third-order valence-electron chi connectivity index (χ3n) is 2.52. The van der Waals surface area contributed by atoms with E-state index in [0.717, 1.165) is 15.8 Å². The molecule has 18 heavy (non-hydrogen) atoms. The van der Waals surface area contributed by atoms with Gasteiger partial charge in [-0.05, 0) is 5.56 Å². The van der Waals surface area contributed by atoms with Crippen LogP contribution in [0.15, 0.2) is 46.5 Å². The number of carbonyl (C=O) groups is 1. The number of halogens is 1. The molecule has 1 heterocycles. The molecule has 1 aliphatic heterocycles. The van der Waals surface area contributed by atoms with Crippen molar-refractivity contribution in [3.8, 4) is 0 Å². The van der Waals surface area contributed by atoms with Crippen LogP contribution < -0.4 is 5.32 Å². The molecule has 1 aromatic carbocycles. The molecular formula is C13H13BrN2O2. The van der Waals surface area contributed by atoms with E-state index < -0.39 is 6.10 Å². The van der Waals surface area contributed by atoms with Crippen LogP contribution in [-0.4, -0.2) is 24.3 Å². The van der Waals surface area contributed by atoms with Gasteiger partial charge in [-0.1, -0.05) is 58.0 Å². The fraction of sp³-hybridized carbons (Fsp3) is 0.231. The molecule has 0 fully saturated rings. The first-order valence-corrected chi connectivity index (χ1v) is 6.35. The Morgan fingerprint density at radius 2 is 2.22 bits per heavy atom. The fourth-order valence-electron chi connectivity index (χ4n) is 1.62. The number of hydrogen-bond acceptors (Lipinski definition) is 3. The highest BCUT2D eigenvalue weighted by atomic mass is 79.9. The van der Waals surface area contributed by atoms with Crippen molar-refractivity contribution >= 4 is 27.5 Å². The van der Waals surface area contributed by atoms with Crippen LogP contribution in [0, 0.1) is 0 Å². The molecule has 4 nitrogen and oxygen atoms in total. The lowest BCUT2D eigenvalue weighted by Gasteiger charge is -2.08. The number of nitrogens with one attached hydrogen (secondary N) is 1. The van der Waals surface area contributed by atoms with Crippen molar-refractivity contribution in [3.05, 3.63) is 47.0 Å². The normalized spacial score (nSPS) is 17.8. The maximum Gasteiger partial charge on any atom is 0.264 e. The molecule has 0 saturated carbocycles. The summed E-state index contributed by atoms with van der Waals surface area (Å²) in [6.45, 7) is 4.04. The number of carbonyl (C=O) groups excluding carboxylic acids is 1. The molecule has 1 atom stereocenters. The van der Waals surface area contributed by atoms with E-state index in [-0.39, 0.29) is 5.91 Å². The minimum Gasteiger partial charge on any atom is -0.382 e. The summed E-state index contributed by atoms with van der Waals surface area (Å²) in [5, 5.41) is 6.67. The lowest BCUT2D eigenvalue weighted by molar-refractivity contribution is -0.130. The summed E-state index contributed by atoms with van der Waals surface area (Å²) in [6.07, 6.45) is -0.0583. The SMILES string of the molecule is C=C(Br)CNC(=O)C1CC(c2ccccc2)=NO1. The topological polar surface area (TPSA) is 50.7 Å². The maximum atomic E-state index is 11.8. The monoisotopic (exact) mass is 308 g/mol. The second kappa shape index (κ2) is 5.82. The van der Waals surface area contributed by atoms with Gasteiger partial charge in [-0.2, -0.15) is 0 Å². The molecule has 1 N–H and O–H groups in total. The van der Waals surface area contributed by atoms with Crippen LogP contribution in [0.25, 0.3) is 0 Å². The third-order valence-corrected chi connectivity index (χ3v) is 2.80. The van der Waals surface area contributed by atoms with Gasteiger partial charge in [-0.25, -0.2) is 0 Å². The van der Waals surface area contributed by atoms with Crippen LogP contribution in [0.5, 0.6) is 0 Å². The third kappa shape index (κ3) is 3.20. The Bertz CT molecular complexity index is 485. The predicted molar refractivity (Wildman–Crippen MR) is 73.5 cm³/mol. The van der Waals surface area contributed by atoms with Gasteiger partial charge >= 0.3 is 0 Å². The van der Waals surface area contributed by atoms with Crippen molar-refractivity contribution < 1.29 is 9.63 Å². The van der Waals surface area contributed by atoms with Gasteiger partial charge in [0.25, 0.3) is 5.91 Å². The van der Waals surface area contributed by atoms with Gasteiger partial charge in [0.2, 0.25) is 6.10 Å². The van der Waals surface area contributed by atoms with Gasteiger partial charge in [0.1, 0.15) is 0 Å². The zero-order valence-corrected chi connectivity index (χ0v) is 11.3. The second-order valence-corrected chi connectivity index (χ2v) is 5.06. The largest absolute Gasteiger partial charge is 0.382 e. The Labute approximate surface area is 114 Å². The minimum atomic E-state index is -0.549. The Morgan fingerprint density at radius 3 is 2.89 bits per heavy atom. The van der Waals surface area contributed by atoms with E-state index in [4.69, 9.17) is 4.84 Å². The molecule has 94 valence electrons. The lowest BCUT2D eigenvalue weighted by Crippen LogP contribution is -2.35. The van der Waals surface area contributed by atoms with Crippen LogP contribution in [0.1, 0.15) is 12.0 Å². The summed E-state index contributed by atoms with van der Waals surface area (Å²) in [4.78, 5) is 16.9. The Balaban J connectivity index is 1.91. The number of benzene rings is 1. The van der Waals surface area contributed by atoms with E-state index in [1.165, 1.54) is 0 Å². The van der Waals surface area contributed by atoms with E-state index in [0.29, 0.717) is 13.0 Å². The van der Waals surface area contributed by atoms with Gasteiger partial charge in [0.15, 0.2) is 0 Å². The molecule has 0 bridgehead atoms. The molecule has 5 heteroatoms. The maximum absolute atomic E-state index is 11.8. The molecule has 1 aliphatic rings. The molecule has 0 spiro atoms. The molecule has 0 radical (unpaired) electrons. The molecule has 1 amide bonds. The highest BCUT2D eigenvalue weighted by molar-refractivity contribution is 9.11. The number of oxime groups is 1. The highest BCUT2D eigenvalue weighted by Crippen LogP contribution is 2.16. The molecule has 2 rings (SSSR count). The number of amides is 1. The smallest absolute Gasteiger partial charge is 0.264 e. The van der Waals surface area contributed by atoms with Crippen molar-refractivity contribution in [3.63, 3.8) is 0 Å². The van der Waals surface area contributed by atoms with Crippen LogP contribution in [0.2, 0.25) is 0 Å². The molecule has 1 aromatic rings. The average molecular weight is 309 g/mol. The number of nitrogens with zero attached hydrogens (tertiary/aromatic N) is 1. The predicted octanol–water partition coefficient (Wildman–Crippen LogP) is 2.20. The van der Waals surface area contributed by atoms with Gasteiger partial charge in [0.05, 0.1) is 5.71 Å². The van der Waals surface area contributed by atoms with Crippen LogP contribution in [0.4, 0.5) is 0 Å². The molecule has 1 unspecified atom stereocenters. The van der Waals surface area contributed by atoms with Crippen LogP contribution >= 0.6 is 15.9 Å². The summed E-state index contributed by atoms with van der Waals surface area (Å²) >= 11 is 3.18. The van der Waals surface area contributed by atoms with Gasteiger partial charge in [-0.3, -0.25) is 4.79 Å². The first kappa shape index (κ1) is 12.8. The Morgan fingerprint density at radius 1 is 1.50 bits per heavy atom. The Kier molecular flexibility index (Phi) is 4.15. The van der Waals surface area contributed by atoms with Gasteiger partial charge in [0, 0.05) is 17.4 Å². The van der Waals surface area contributed by atoms with E-state index in [2.05, 4.69) is 33.0 Å². The van der Waals surface area contributed by atoms with Crippen LogP contribution in [-0.2, 0) is 9.63 Å². The van der Waals surface area contributed by atoms with Crippen LogP contribution in [0.3, 0.4) is 0 Å². The molecule has 0 saturated heterocycles. The van der Waals surface area contributed by atoms with Crippen molar-refractivity contribution in [2.75, 3.05) is 6.54 Å². The highest BCUT2D eigenvalue weighted by Gasteiger charge is 2.28. The zero-order chi connectivity index (χ0) is 13.0. The summed E-state index contributed by atoms with van der Waals surface area (Å²) < 4.78 is 0.720. The zero-order valence-electron chi connectivity index (χ0n) is 9.73. The van der Waals surface area contributed by atoms with E-state index in [9.17, 15) is 4.79 Å². The van der Waals surface area contributed by atoms with Crippen molar-refractivity contribution in [1.82, 2.24) is 5.32 Å². The van der Waals surface area contributed by atoms with E-state index >= 15 is 0 Å². The second-order valence-electron chi connectivity index (χ2n) is 3.94. The number of rotatable bonds is 4. The summed E-state index contributed by atoms with van der Waals surface area (Å²) in [5.41, 5.74) is 1.78. The van der Waals surface area contributed by atoms with Gasteiger partial charge in [-0.15, -0.1) is 0 Å². The molecule has 0 aromatic heterocycles. The minimum absolute atomic E-state index is 0.176.